The number of nitrogen functional groups attached to an aromatic ring is 1. The molecule has 0 atom stereocenters. The number of hydrogen-bond donors (Lipinski definition) is 1. The summed E-state index contributed by atoms with van der Waals surface area (Å²) in [6.07, 6.45) is 0. The second kappa shape index (κ2) is 6.71. The molecule has 0 unspecified atom stereocenters. The number of hydrogen-bond acceptors (Lipinski definition) is 5. The van der Waals surface area contributed by atoms with Crippen LogP contribution in [0, 0.1) is 0 Å². The average Bonchev–Trinajstić information content (AvgIpc) is 2.51. The van der Waals surface area contributed by atoms with Gasteiger partial charge in [-0.3, -0.25) is 4.89 Å². The molecule has 2 rings (SSSR count). The van der Waals surface area contributed by atoms with Crippen molar-refractivity contribution < 1.29 is 19.3 Å². The van der Waals surface area contributed by atoms with Gasteiger partial charge in [0.25, 0.3) is 0 Å². The number of carbonyl (C=O) groups excluding carboxylic acids is 1. The van der Waals surface area contributed by atoms with Crippen LogP contribution in [0.2, 0.25) is 0 Å². The number of ether oxygens (including phenoxy) is 1. The summed E-state index contributed by atoms with van der Waals surface area (Å²) < 4.78 is 5.34. The van der Waals surface area contributed by atoms with Crippen molar-refractivity contribution >= 4 is 11.7 Å². The van der Waals surface area contributed by atoms with Gasteiger partial charge in [0.1, 0.15) is 11.4 Å². The zero-order valence-corrected chi connectivity index (χ0v) is 13.8. The molecule has 122 valence electrons. The van der Waals surface area contributed by atoms with Crippen molar-refractivity contribution in [1.82, 2.24) is 0 Å². The molecule has 0 bridgehead atoms. The predicted octanol–water partition coefficient (Wildman–Crippen LogP) is 3.83. The van der Waals surface area contributed by atoms with E-state index in [1.54, 1.807) is 46.1 Å². The van der Waals surface area contributed by atoms with Crippen molar-refractivity contribution in [1.29, 1.82) is 0 Å². The fourth-order valence-electron chi connectivity index (χ4n) is 2.01. The molecule has 23 heavy (non-hydrogen) atoms. The average molecular weight is 315 g/mol. The molecule has 0 saturated heterocycles. The summed E-state index contributed by atoms with van der Waals surface area (Å²) in [7, 11) is 1.61. The first-order valence-corrected chi connectivity index (χ1v) is 7.25. The van der Waals surface area contributed by atoms with Crippen LogP contribution < -0.4 is 10.5 Å². The molecule has 5 nitrogen and oxygen atoms in total. The molecule has 0 heterocycles. The lowest BCUT2D eigenvalue weighted by Gasteiger charge is -2.17. The highest BCUT2D eigenvalue weighted by Crippen LogP contribution is 2.31. The molecule has 2 aromatic rings. The van der Waals surface area contributed by atoms with Gasteiger partial charge in [-0.25, -0.2) is 4.79 Å². The highest BCUT2D eigenvalue weighted by molar-refractivity contribution is 5.96. The molecule has 0 aromatic heterocycles. The van der Waals surface area contributed by atoms with Crippen molar-refractivity contribution in [2.45, 2.75) is 26.4 Å². The second-order valence-corrected chi connectivity index (χ2v) is 6.07. The van der Waals surface area contributed by atoms with Crippen LogP contribution in [0.1, 0.15) is 31.1 Å². The quantitative estimate of drug-likeness (QED) is 0.527. The molecular formula is C18H21NO4. The van der Waals surface area contributed by atoms with Crippen molar-refractivity contribution in [2.24, 2.45) is 0 Å². The smallest absolute Gasteiger partial charge is 0.375 e. The molecule has 0 spiro atoms. The van der Waals surface area contributed by atoms with Gasteiger partial charge in [-0.05, 0) is 44.5 Å². The van der Waals surface area contributed by atoms with E-state index in [4.69, 9.17) is 20.2 Å². The number of anilines is 1. The SMILES string of the molecule is COc1ccccc1-c1ccc(C(=O)OOC(C)(C)C)c(N)c1. The Bertz CT molecular complexity index is 704. The summed E-state index contributed by atoms with van der Waals surface area (Å²) in [5.41, 5.74) is 7.74. The van der Waals surface area contributed by atoms with E-state index in [0.29, 0.717) is 5.69 Å². The van der Waals surface area contributed by atoms with Gasteiger partial charge in [0, 0.05) is 11.3 Å². The molecule has 2 aromatic carbocycles. The number of nitrogens with two attached hydrogens (primary N) is 1. The molecule has 0 aliphatic carbocycles. The topological polar surface area (TPSA) is 70.8 Å². The van der Waals surface area contributed by atoms with Crippen LogP contribution in [-0.2, 0) is 9.78 Å². The van der Waals surface area contributed by atoms with Gasteiger partial charge >= 0.3 is 5.97 Å². The van der Waals surface area contributed by atoms with E-state index in [1.807, 2.05) is 24.3 Å². The lowest BCUT2D eigenvalue weighted by Crippen LogP contribution is -2.22. The molecule has 0 aliphatic heterocycles. The van der Waals surface area contributed by atoms with E-state index in [9.17, 15) is 4.79 Å². The molecule has 0 amide bonds. The van der Waals surface area contributed by atoms with Crippen molar-refractivity contribution in [3.8, 4) is 16.9 Å². The van der Waals surface area contributed by atoms with E-state index in [-0.39, 0.29) is 5.56 Å². The van der Waals surface area contributed by atoms with Crippen LogP contribution in [0.4, 0.5) is 5.69 Å². The fourth-order valence-corrected chi connectivity index (χ4v) is 2.01. The third kappa shape index (κ3) is 4.23. The highest BCUT2D eigenvalue weighted by Gasteiger charge is 2.19. The minimum absolute atomic E-state index is 0.257. The maximum absolute atomic E-state index is 12.0. The Labute approximate surface area is 135 Å². The van der Waals surface area contributed by atoms with Crippen LogP contribution in [0.15, 0.2) is 42.5 Å². The molecule has 0 aliphatic rings. The molecular weight excluding hydrogens is 294 g/mol. The Kier molecular flexibility index (Phi) is 4.91. The maximum atomic E-state index is 12.0. The van der Waals surface area contributed by atoms with Crippen molar-refractivity contribution in [3.05, 3.63) is 48.0 Å². The van der Waals surface area contributed by atoms with Crippen LogP contribution in [0.5, 0.6) is 5.75 Å². The Balaban J connectivity index is 2.26. The summed E-state index contributed by atoms with van der Waals surface area (Å²) in [5, 5.41) is 0. The van der Waals surface area contributed by atoms with Crippen LogP contribution >= 0.6 is 0 Å². The summed E-state index contributed by atoms with van der Waals surface area (Å²) >= 11 is 0. The largest absolute Gasteiger partial charge is 0.496 e. The maximum Gasteiger partial charge on any atom is 0.375 e. The van der Waals surface area contributed by atoms with Crippen LogP contribution in [0.25, 0.3) is 11.1 Å². The monoisotopic (exact) mass is 315 g/mol. The Hall–Kier alpha value is -2.53. The Morgan fingerprint density at radius 1 is 1.09 bits per heavy atom. The van der Waals surface area contributed by atoms with Gasteiger partial charge in [-0.1, -0.05) is 24.3 Å². The molecule has 0 radical (unpaired) electrons. The fraction of sp³-hybridized carbons (Fsp3) is 0.278. The minimum atomic E-state index is -0.621. The van der Waals surface area contributed by atoms with Gasteiger partial charge in [-0.15, -0.1) is 0 Å². The standard InChI is InChI=1S/C18H21NO4/c1-18(2,3)23-22-17(20)14-10-9-12(11-15(14)19)13-7-5-6-8-16(13)21-4/h5-11H,19H2,1-4H3. The number of carbonyl (C=O) groups is 1. The first kappa shape index (κ1) is 16.8. The minimum Gasteiger partial charge on any atom is -0.496 e. The normalized spacial score (nSPS) is 11.1. The molecule has 0 saturated carbocycles. The third-order valence-electron chi connectivity index (χ3n) is 3.06. The van der Waals surface area contributed by atoms with E-state index in [1.165, 1.54) is 0 Å². The molecule has 2 N–H and O–H groups in total. The number of benzene rings is 2. The van der Waals surface area contributed by atoms with Gasteiger partial charge in [0.2, 0.25) is 0 Å². The second-order valence-electron chi connectivity index (χ2n) is 6.07. The lowest BCUT2D eigenvalue weighted by molar-refractivity contribution is -0.301. The van der Waals surface area contributed by atoms with E-state index in [2.05, 4.69) is 0 Å². The third-order valence-corrected chi connectivity index (χ3v) is 3.06. The van der Waals surface area contributed by atoms with E-state index in [0.717, 1.165) is 16.9 Å². The number of rotatable bonds is 4. The predicted molar refractivity (Wildman–Crippen MR) is 89.1 cm³/mol. The Morgan fingerprint density at radius 3 is 2.39 bits per heavy atom. The van der Waals surface area contributed by atoms with Gasteiger partial charge in [-0.2, -0.15) is 4.89 Å². The summed E-state index contributed by atoms with van der Waals surface area (Å²) in [6, 6.07) is 12.7. The summed E-state index contributed by atoms with van der Waals surface area (Å²) in [6.45, 7) is 5.36. The zero-order valence-electron chi connectivity index (χ0n) is 13.8. The molecule has 0 fully saturated rings. The first-order chi connectivity index (χ1) is 10.8. The van der Waals surface area contributed by atoms with E-state index >= 15 is 0 Å². The van der Waals surface area contributed by atoms with Crippen molar-refractivity contribution in [2.75, 3.05) is 12.8 Å². The van der Waals surface area contributed by atoms with E-state index < -0.39 is 11.6 Å². The van der Waals surface area contributed by atoms with Crippen molar-refractivity contribution in [3.63, 3.8) is 0 Å². The summed E-state index contributed by atoms with van der Waals surface area (Å²) in [4.78, 5) is 21.9. The molecule has 5 heteroatoms. The van der Waals surface area contributed by atoms with Gasteiger partial charge in [0.05, 0.1) is 12.7 Å². The van der Waals surface area contributed by atoms with Gasteiger partial charge < -0.3 is 10.5 Å². The van der Waals surface area contributed by atoms with Gasteiger partial charge in [0.15, 0.2) is 0 Å². The lowest BCUT2D eigenvalue weighted by atomic mass is 10.0. The first-order valence-electron chi connectivity index (χ1n) is 7.25. The zero-order chi connectivity index (χ0) is 17.0. The van der Waals surface area contributed by atoms with Crippen LogP contribution in [0.3, 0.4) is 0 Å². The highest BCUT2D eigenvalue weighted by atomic mass is 17.2. The number of para-hydroxylation sites is 1. The number of methoxy groups -OCH3 is 1. The summed E-state index contributed by atoms with van der Waals surface area (Å²) in [5.74, 6) is 0.113. The van der Waals surface area contributed by atoms with Crippen LogP contribution in [-0.4, -0.2) is 18.7 Å². The Morgan fingerprint density at radius 2 is 1.78 bits per heavy atom.